The molecule has 2 heterocycles. The Bertz CT molecular complexity index is 803. The molecule has 3 rings (SSSR count). The number of carbonyl (C=O) groups is 2. The van der Waals surface area contributed by atoms with E-state index in [-0.39, 0.29) is 18.9 Å². The predicted octanol–water partition coefficient (Wildman–Crippen LogP) is 0.931. The molecule has 7 nitrogen and oxygen atoms in total. The van der Waals surface area contributed by atoms with Crippen molar-refractivity contribution in [3.05, 3.63) is 46.1 Å². The van der Waals surface area contributed by atoms with E-state index in [2.05, 4.69) is 5.10 Å². The van der Waals surface area contributed by atoms with Crippen molar-refractivity contribution >= 4 is 17.5 Å². The van der Waals surface area contributed by atoms with Gasteiger partial charge in [-0.25, -0.2) is 14.3 Å². The number of anilines is 1. The fourth-order valence-electron chi connectivity index (χ4n) is 2.39. The van der Waals surface area contributed by atoms with Gasteiger partial charge in [-0.2, -0.15) is 9.67 Å². The topological polar surface area (TPSA) is 77.2 Å². The first-order chi connectivity index (χ1) is 9.97. The van der Waals surface area contributed by atoms with E-state index in [0.717, 1.165) is 20.5 Å². The third-order valence-electron chi connectivity index (χ3n) is 3.31. The maximum atomic E-state index is 12.4. The zero-order chi connectivity index (χ0) is 15.1. The van der Waals surface area contributed by atoms with E-state index >= 15 is 0 Å². The molecule has 7 heteroatoms. The van der Waals surface area contributed by atoms with E-state index in [0.29, 0.717) is 5.82 Å². The summed E-state index contributed by atoms with van der Waals surface area (Å²) < 4.78 is 2.05. The summed E-state index contributed by atoms with van der Waals surface area (Å²) >= 11 is 0. The SMILES string of the molecule is CC(=O)Cn1nc2n(c1=O)C(=O)N(c1cccc(C)c1)C2. The molecular weight excluding hydrogens is 272 g/mol. The largest absolute Gasteiger partial charge is 0.354 e. The van der Waals surface area contributed by atoms with E-state index in [9.17, 15) is 14.4 Å². The molecule has 0 unspecified atom stereocenters. The number of aryl methyl sites for hydroxylation is 1. The molecule has 0 radical (unpaired) electrons. The molecule has 1 aliphatic heterocycles. The Balaban J connectivity index is 1.97. The Morgan fingerprint density at radius 3 is 2.71 bits per heavy atom. The Morgan fingerprint density at radius 1 is 1.33 bits per heavy atom. The number of amides is 1. The molecule has 1 aromatic heterocycles. The molecule has 21 heavy (non-hydrogen) atoms. The van der Waals surface area contributed by atoms with Gasteiger partial charge in [-0.15, -0.1) is 0 Å². The number of hydrogen-bond acceptors (Lipinski definition) is 4. The van der Waals surface area contributed by atoms with Gasteiger partial charge in [-0.05, 0) is 31.5 Å². The van der Waals surface area contributed by atoms with Gasteiger partial charge in [-0.1, -0.05) is 12.1 Å². The van der Waals surface area contributed by atoms with Crippen molar-refractivity contribution in [1.82, 2.24) is 14.3 Å². The van der Waals surface area contributed by atoms with Crippen LogP contribution in [0.3, 0.4) is 0 Å². The standard InChI is InChI=1S/C14H14N4O3/c1-9-4-3-5-11(6-9)16-8-12-15-17(7-10(2)19)14(21)18(12)13(16)20/h3-6H,7-8H2,1-2H3. The lowest BCUT2D eigenvalue weighted by atomic mass is 10.2. The van der Waals surface area contributed by atoms with Crippen LogP contribution in [0.25, 0.3) is 0 Å². The smallest absolute Gasteiger partial charge is 0.298 e. The maximum Gasteiger partial charge on any atom is 0.354 e. The van der Waals surface area contributed by atoms with Crippen LogP contribution in [0.5, 0.6) is 0 Å². The van der Waals surface area contributed by atoms with Crippen molar-refractivity contribution in [3.63, 3.8) is 0 Å². The Morgan fingerprint density at radius 2 is 2.10 bits per heavy atom. The summed E-state index contributed by atoms with van der Waals surface area (Å²) in [7, 11) is 0. The van der Waals surface area contributed by atoms with Gasteiger partial charge < -0.3 is 0 Å². The number of carbonyl (C=O) groups excluding carboxylic acids is 2. The van der Waals surface area contributed by atoms with Gasteiger partial charge in [-0.3, -0.25) is 9.69 Å². The van der Waals surface area contributed by atoms with Gasteiger partial charge in [0.05, 0.1) is 6.54 Å². The molecule has 0 aliphatic carbocycles. The summed E-state index contributed by atoms with van der Waals surface area (Å²) in [6, 6.07) is 7.04. The van der Waals surface area contributed by atoms with Crippen LogP contribution in [-0.4, -0.2) is 26.2 Å². The Labute approximate surface area is 120 Å². The van der Waals surface area contributed by atoms with Crippen LogP contribution >= 0.6 is 0 Å². The van der Waals surface area contributed by atoms with Crippen LogP contribution in [0.1, 0.15) is 18.3 Å². The predicted molar refractivity (Wildman–Crippen MR) is 75.3 cm³/mol. The average Bonchev–Trinajstić information content (AvgIpc) is 2.88. The van der Waals surface area contributed by atoms with Crippen LogP contribution < -0.4 is 10.6 Å². The highest BCUT2D eigenvalue weighted by Crippen LogP contribution is 2.22. The highest BCUT2D eigenvalue weighted by Gasteiger charge is 2.33. The number of ketones is 1. The fraction of sp³-hybridized carbons (Fsp3) is 0.286. The summed E-state index contributed by atoms with van der Waals surface area (Å²) in [5.74, 6) is 0.171. The van der Waals surface area contributed by atoms with E-state index in [4.69, 9.17) is 0 Å². The number of fused-ring (bicyclic) bond motifs is 1. The lowest BCUT2D eigenvalue weighted by molar-refractivity contribution is -0.117. The molecule has 0 N–H and O–H groups in total. The number of nitrogens with zero attached hydrogens (tertiary/aromatic N) is 4. The zero-order valence-corrected chi connectivity index (χ0v) is 11.7. The molecule has 0 saturated carbocycles. The fourth-order valence-corrected chi connectivity index (χ4v) is 2.39. The quantitative estimate of drug-likeness (QED) is 0.841. The summed E-state index contributed by atoms with van der Waals surface area (Å²) in [5.41, 5.74) is 1.18. The van der Waals surface area contributed by atoms with Gasteiger partial charge in [0, 0.05) is 5.69 Å². The molecular formula is C14H14N4O3. The number of benzene rings is 1. The first-order valence-corrected chi connectivity index (χ1v) is 6.54. The zero-order valence-electron chi connectivity index (χ0n) is 11.7. The van der Waals surface area contributed by atoms with Crippen molar-refractivity contribution in [2.24, 2.45) is 0 Å². The Kier molecular flexibility index (Phi) is 2.97. The van der Waals surface area contributed by atoms with Crippen molar-refractivity contribution in [2.45, 2.75) is 26.9 Å². The first-order valence-electron chi connectivity index (χ1n) is 6.54. The average molecular weight is 286 g/mol. The Hall–Kier alpha value is -2.70. The van der Waals surface area contributed by atoms with Crippen molar-refractivity contribution < 1.29 is 9.59 Å². The van der Waals surface area contributed by atoms with Gasteiger partial charge in [0.2, 0.25) is 0 Å². The van der Waals surface area contributed by atoms with E-state index < -0.39 is 11.7 Å². The van der Waals surface area contributed by atoms with Gasteiger partial charge in [0.1, 0.15) is 6.54 Å². The van der Waals surface area contributed by atoms with E-state index in [1.165, 1.54) is 11.8 Å². The molecule has 0 atom stereocenters. The molecule has 2 aromatic rings. The minimum absolute atomic E-state index is 0.115. The van der Waals surface area contributed by atoms with Crippen LogP contribution in [0, 0.1) is 6.92 Å². The first kappa shape index (κ1) is 13.3. The van der Waals surface area contributed by atoms with Gasteiger partial charge in [0.15, 0.2) is 11.6 Å². The lowest BCUT2D eigenvalue weighted by Gasteiger charge is -2.15. The third kappa shape index (κ3) is 2.16. The second-order valence-electron chi connectivity index (χ2n) is 5.10. The highest BCUT2D eigenvalue weighted by atomic mass is 16.2. The summed E-state index contributed by atoms with van der Waals surface area (Å²) in [6.45, 7) is 3.42. The van der Waals surface area contributed by atoms with Crippen molar-refractivity contribution in [2.75, 3.05) is 4.90 Å². The summed E-state index contributed by atoms with van der Waals surface area (Å²) in [4.78, 5) is 37.1. The van der Waals surface area contributed by atoms with Crippen LogP contribution in [0.15, 0.2) is 29.1 Å². The minimum atomic E-state index is -0.569. The molecule has 0 saturated heterocycles. The normalized spacial score (nSPS) is 13.6. The minimum Gasteiger partial charge on any atom is -0.298 e. The van der Waals surface area contributed by atoms with Crippen LogP contribution in [0.4, 0.5) is 10.5 Å². The monoisotopic (exact) mass is 286 g/mol. The summed E-state index contributed by atoms with van der Waals surface area (Å²) in [5, 5.41) is 4.06. The molecule has 0 fully saturated rings. The number of rotatable bonds is 3. The number of Topliss-reactive ketones (excluding diaryl/α,β-unsaturated/α-hetero) is 1. The molecule has 0 spiro atoms. The lowest BCUT2D eigenvalue weighted by Crippen LogP contribution is -2.35. The van der Waals surface area contributed by atoms with E-state index in [1.807, 2.05) is 31.2 Å². The number of aromatic nitrogens is 3. The third-order valence-corrected chi connectivity index (χ3v) is 3.31. The van der Waals surface area contributed by atoms with Crippen molar-refractivity contribution in [1.29, 1.82) is 0 Å². The van der Waals surface area contributed by atoms with Gasteiger partial charge >= 0.3 is 11.7 Å². The second kappa shape index (κ2) is 4.69. The number of hydrogen-bond donors (Lipinski definition) is 0. The molecule has 1 aliphatic rings. The van der Waals surface area contributed by atoms with Crippen LogP contribution in [0.2, 0.25) is 0 Å². The molecule has 1 aromatic carbocycles. The molecule has 108 valence electrons. The van der Waals surface area contributed by atoms with E-state index in [1.54, 1.807) is 0 Å². The van der Waals surface area contributed by atoms with Crippen LogP contribution in [-0.2, 0) is 17.9 Å². The molecule has 1 amide bonds. The highest BCUT2D eigenvalue weighted by molar-refractivity contribution is 5.96. The van der Waals surface area contributed by atoms with Gasteiger partial charge in [0.25, 0.3) is 0 Å². The molecule has 0 bridgehead atoms. The summed E-state index contributed by atoms with van der Waals surface area (Å²) in [6.07, 6.45) is 0. The maximum absolute atomic E-state index is 12.4. The second-order valence-corrected chi connectivity index (χ2v) is 5.10. The van der Waals surface area contributed by atoms with Crippen molar-refractivity contribution in [3.8, 4) is 0 Å².